The fourth-order valence-corrected chi connectivity index (χ4v) is 6.00. The highest BCUT2D eigenvalue weighted by atomic mass is 14.9. The third-order valence-corrected chi connectivity index (χ3v) is 8.12. The first-order valence-corrected chi connectivity index (χ1v) is 10.2. The molecule has 1 nitrogen and oxygen atoms in total. The molecule has 4 rings (SSSR count). The molecule has 4 saturated carbocycles. The second-order valence-electron chi connectivity index (χ2n) is 9.52. The van der Waals surface area contributed by atoms with E-state index < -0.39 is 0 Å². The highest BCUT2D eigenvalue weighted by Gasteiger charge is 2.53. The average molecular weight is 306 g/mol. The van der Waals surface area contributed by atoms with Crippen LogP contribution in [0.2, 0.25) is 0 Å². The summed E-state index contributed by atoms with van der Waals surface area (Å²) < 4.78 is 0. The highest BCUT2D eigenvalue weighted by Crippen LogP contribution is 2.62. The minimum Gasteiger partial charge on any atom is -0.314 e. The van der Waals surface area contributed by atoms with Crippen LogP contribution in [0.4, 0.5) is 0 Å². The molecule has 0 aromatic rings. The number of hydrogen-bond acceptors (Lipinski definition) is 1. The molecule has 0 aliphatic heterocycles. The van der Waals surface area contributed by atoms with Crippen LogP contribution < -0.4 is 5.32 Å². The maximum Gasteiger partial charge on any atom is 0.00952 e. The van der Waals surface area contributed by atoms with Crippen molar-refractivity contribution in [2.45, 2.75) is 91.5 Å². The van der Waals surface area contributed by atoms with E-state index in [-0.39, 0.29) is 0 Å². The van der Waals surface area contributed by atoms with Gasteiger partial charge in [-0.1, -0.05) is 53.4 Å². The van der Waals surface area contributed by atoms with Crippen LogP contribution >= 0.6 is 0 Å². The molecule has 1 N–H and O–H groups in total. The molecule has 0 spiro atoms. The van der Waals surface area contributed by atoms with E-state index in [0.717, 1.165) is 35.6 Å². The van der Waals surface area contributed by atoms with Gasteiger partial charge in [-0.15, -0.1) is 0 Å². The first kappa shape index (κ1) is 16.8. The Morgan fingerprint density at radius 1 is 1.00 bits per heavy atom. The number of hydrogen-bond donors (Lipinski definition) is 1. The van der Waals surface area contributed by atoms with Crippen molar-refractivity contribution in [3.8, 4) is 0 Å². The van der Waals surface area contributed by atoms with Gasteiger partial charge in [0.15, 0.2) is 0 Å². The van der Waals surface area contributed by atoms with Crippen molar-refractivity contribution in [1.29, 1.82) is 0 Å². The molecule has 2 bridgehead atoms. The van der Waals surface area contributed by atoms with E-state index in [2.05, 4.69) is 33.0 Å². The third kappa shape index (κ3) is 3.25. The van der Waals surface area contributed by atoms with E-state index in [0.29, 0.717) is 5.41 Å². The molecule has 1 heteroatoms. The molecular weight excluding hydrogens is 266 g/mol. The van der Waals surface area contributed by atoms with E-state index >= 15 is 0 Å². The van der Waals surface area contributed by atoms with E-state index in [1.54, 1.807) is 6.42 Å². The topological polar surface area (TPSA) is 12.0 Å². The Kier molecular flexibility index (Phi) is 5.22. The van der Waals surface area contributed by atoms with Gasteiger partial charge in [0.25, 0.3) is 0 Å². The Balaban J connectivity index is 1.31. The minimum atomic E-state index is 0.675. The van der Waals surface area contributed by atoms with Crippen LogP contribution in [-0.4, -0.2) is 12.6 Å². The molecule has 6 atom stereocenters. The van der Waals surface area contributed by atoms with Crippen molar-refractivity contribution in [2.75, 3.05) is 6.54 Å². The number of fused-ring (bicyclic) bond motifs is 2. The van der Waals surface area contributed by atoms with Crippen molar-refractivity contribution >= 4 is 0 Å². The first-order chi connectivity index (χ1) is 10.5. The van der Waals surface area contributed by atoms with Crippen LogP contribution in [0.25, 0.3) is 0 Å². The standard InChI is InChI=1S/C21H39N/c1-15-8-7-10-20(16(15)2)22-13-6-5-9-17-11-12-18-14-19(17)21(18,3)4/h15-20,22H,5-14H2,1-4H3/t15?,16?,17?,18?,19-,20?/m0/s1. The van der Waals surface area contributed by atoms with Gasteiger partial charge in [0.1, 0.15) is 0 Å². The minimum absolute atomic E-state index is 0.675. The summed E-state index contributed by atoms with van der Waals surface area (Å²) in [6.45, 7) is 11.2. The van der Waals surface area contributed by atoms with Crippen LogP contribution in [0.1, 0.15) is 85.5 Å². The summed E-state index contributed by atoms with van der Waals surface area (Å²) >= 11 is 0. The van der Waals surface area contributed by atoms with Gasteiger partial charge in [-0.25, -0.2) is 0 Å². The summed E-state index contributed by atoms with van der Waals surface area (Å²) in [7, 11) is 0. The highest BCUT2D eigenvalue weighted by molar-refractivity contribution is 5.03. The van der Waals surface area contributed by atoms with Crippen LogP contribution in [0.5, 0.6) is 0 Å². The van der Waals surface area contributed by atoms with Crippen LogP contribution in [0.3, 0.4) is 0 Å². The summed E-state index contributed by atoms with van der Waals surface area (Å²) in [5, 5.41) is 3.88. The Morgan fingerprint density at radius 2 is 1.82 bits per heavy atom. The van der Waals surface area contributed by atoms with E-state index in [9.17, 15) is 0 Å². The summed E-state index contributed by atoms with van der Waals surface area (Å²) in [4.78, 5) is 0. The van der Waals surface area contributed by atoms with Gasteiger partial charge >= 0.3 is 0 Å². The van der Waals surface area contributed by atoms with Gasteiger partial charge < -0.3 is 5.32 Å². The molecule has 0 saturated heterocycles. The fourth-order valence-electron chi connectivity index (χ4n) is 6.00. The number of unbranched alkanes of at least 4 members (excludes halogenated alkanes) is 1. The maximum atomic E-state index is 3.88. The number of rotatable bonds is 6. The molecule has 128 valence electrons. The third-order valence-electron chi connectivity index (χ3n) is 8.12. The van der Waals surface area contributed by atoms with Crippen molar-refractivity contribution < 1.29 is 0 Å². The number of nitrogens with one attached hydrogen (secondary N) is 1. The molecule has 0 heterocycles. The molecule has 0 aromatic carbocycles. The predicted octanol–water partition coefficient (Wildman–Crippen LogP) is 5.64. The van der Waals surface area contributed by atoms with Gasteiger partial charge in [-0.2, -0.15) is 0 Å². The van der Waals surface area contributed by atoms with Crippen LogP contribution in [0, 0.1) is 35.0 Å². The van der Waals surface area contributed by atoms with Gasteiger partial charge in [-0.3, -0.25) is 0 Å². The monoisotopic (exact) mass is 305 g/mol. The second kappa shape index (κ2) is 6.83. The molecule has 5 unspecified atom stereocenters. The van der Waals surface area contributed by atoms with Gasteiger partial charge in [-0.05, 0) is 73.7 Å². The maximum absolute atomic E-state index is 3.88. The first-order valence-electron chi connectivity index (χ1n) is 10.2. The summed E-state index contributed by atoms with van der Waals surface area (Å²) in [6, 6.07) is 0.796. The lowest BCUT2D eigenvalue weighted by molar-refractivity contribution is -0.107. The molecule has 4 fully saturated rings. The summed E-state index contributed by atoms with van der Waals surface area (Å²) in [6.07, 6.45) is 13.2. The molecule has 0 amide bonds. The van der Waals surface area contributed by atoms with Crippen molar-refractivity contribution in [3.63, 3.8) is 0 Å². The SMILES string of the molecule is CC1CCCC(NCCCCC2CCC3C[C@@H]2C3(C)C)C1C. The summed E-state index contributed by atoms with van der Waals surface area (Å²) in [5.41, 5.74) is 0.675. The molecule has 0 radical (unpaired) electrons. The fraction of sp³-hybridized carbons (Fsp3) is 1.00. The lowest BCUT2D eigenvalue weighted by Gasteiger charge is -2.60. The quantitative estimate of drug-likeness (QED) is 0.626. The molecule has 4 aliphatic rings. The van der Waals surface area contributed by atoms with Crippen molar-refractivity contribution in [1.82, 2.24) is 5.32 Å². The smallest absolute Gasteiger partial charge is 0.00952 e. The Labute approximate surface area is 139 Å². The zero-order chi connectivity index (χ0) is 15.7. The van der Waals surface area contributed by atoms with Crippen LogP contribution in [0.15, 0.2) is 0 Å². The van der Waals surface area contributed by atoms with Crippen molar-refractivity contribution in [2.24, 2.45) is 35.0 Å². The Morgan fingerprint density at radius 3 is 2.55 bits per heavy atom. The lowest BCUT2D eigenvalue weighted by atomic mass is 9.45. The van der Waals surface area contributed by atoms with Crippen LogP contribution in [-0.2, 0) is 0 Å². The molecule has 4 aliphatic carbocycles. The average Bonchev–Trinajstić information content (AvgIpc) is 2.51. The Bertz CT molecular complexity index is 359. The van der Waals surface area contributed by atoms with Gasteiger partial charge in [0.2, 0.25) is 0 Å². The Hall–Kier alpha value is -0.0400. The predicted molar refractivity (Wildman–Crippen MR) is 95.9 cm³/mol. The zero-order valence-corrected chi connectivity index (χ0v) is 15.5. The molecule has 22 heavy (non-hydrogen) atoms. The second-order valence-corrected chi connectivity index (χ2v) is 9.52. The largest absolute Gasteiger partial charge is 0.314 e. The molecule has 0 aromatic heterocycles. The molecular formula is C21H39N. The van der Waals surface area contributed by atoms with Crippen molar-refractivity contribution in [3.05, 3.63) is 0 Å². The van der Waals surface area contributed by atoms with E-state index in [1.807, 2.05) is 0 Å². The lowest BCUT2D eigenvalue weighted by Crippen LogP contribution is -2.52. The van der Waals surface area contributed by atoms with E-state index in [4.69, 9.17) is 0 Å². The zero-order valence-electron chi connectivity index (χ0n) is 15.5. The summed E-state index contributed by atoms with van der Waals surface area (Å²) in [5.74, 6) is 4.96. The van der Waals surface area contributed by atoms with E-state index in [1.165, 1.54) is 57.9 Å². The van der Waals surface area contributed by atoms with Gasteiger partial charge in [0.05, 0.1) is 0 Å². The van der Waals surface area contributed by atoms with Gasteiger partial charge in [0, 0.05) is 6.04 Å². The normalized spacial score (nSPS) is 43.6.